The van der Waals surface area contributed by atoms with E-state index in [1.807, 2.05) is 13.8 Å². The van der Waals surface area contributed by atoms with Crippen LogP contribution in [-0.2, 0) is 38.4 Å². The Labute approximate surface area is 267 Å². The maximum Gasteiger partial charge on any atom is 0.326 e. The number of hydrogen-bond acceptors (Lipinski definition) is 6. The lowest BCUT2D eigenvalue weighted by molar-refractivity contribution is -0.142. The van der Waals surface area contributed by atoms with E-state index in [0.717, 1.165) is 5.56 Å². The van der Waals surface area contributed by atoms with Gasteiger partial charge in [0.15, 0.2) is 0 Å². The summed E-state index contributed by atoms with van der Waals surface area (Å²) in [6.45, 7) is 3.78. The van der Waals surface area contributed by atoms with Crippen LogP contribution in [0.4, 0.5) is 16.2 Å². The van der Waals surface area contributed by atoms with E-state index < -0.39 is 41.9 Å². The van der Waals surface area contributed by atoms with Crippen LogP contribution in [0, 0.1) is 5.92 Å². The molecule has 3 rings (SSSR count). The first-order chi connectivity index (χ1) is 21.9. The fourth-order valence-electron chi connectivity index (χ4n) is 4.61. The van der Waals surface area contributed by atoms with Crippen LogP contribution in [0.25, 0.3) is 0 Å². The lowest BCUT2D eigenvalue weighted by atomic mass is 10.00. The van der Waals surface area contributed by atoms with Gasteiger partial charge in [-0.2, -0.15) is 0 Å². The number of amides is 4. The molecule has 244 valence electrons. The summed E-state index contributed by atoms with van der Waals surface area (Å²) in [6, 6.07) is 17.8. The first kappa shape index (κ1) is 35.1. The van der Waals surface area contributed by atoms with Crippen molar-refractivity contribution in [2.24, 2.45) is 5.92 Å². The monoisotopic (exact) mass is 632 g/mol. The zero-order valence-corrected chi connectivity index (χ0v) is 26.0. The second-order valence-electron chi connectivity index (χ2n) is 11.2. The Morgan fingerprint density at radius 1 is 0.717 bits per heavy atom. The Hall–Kier alpha value is -5.39. The smallest absolute Gasteiger partial charge is 0.326 e. The third-order valence-electron chi connectivity index (χ3n) is 6.99. The van der Waals surface area contributed by atoms with Gasteiger partial charge >= 0.3 is 18.0 Å². The maximum atomic E-state index is 13.2. The highest BCUT2D eigenvalue weighted by Crippen LogP contribution is 2.16. The van der Waals surface area contributed by atoms with Crippen LogP contribution in [0.2, 0.25) is 0 Å². The van der Waals surface area contributed by atoms with E-state index in [4.69, 9.17) is 9.84 Å². The fourth-order valence-corrected chi connectivity index (χ4v) is 4.61. The van der Waals surface area contributed by atoms with Crippen molar-refractivity contribution in [1.29, 1.82) is 0 Å². The van der Waals surface area contributed by atoms with Gasteiger partial charge in [0.05, 0.1) is 13.5 Å². The number of carboxylic acid groups (broad SMARTS) is 2. The maximum absolute atomic E-state index is 13.2. The molecule has 0 radical (unpaired) electrons. The zero-order valence-electron chi connectivity index (χ0n) is 26.0. The largest absolute Gasteiger partial charge is 0.497 e. The minimum absolute atomic E-state index is 0.0105. The molecule has 4 amide bonds. The fraction of sp³-hybridized carbons (Fsp3) is 0.324. The van der Waals surface area contributed by atoms with E-state index in [2.05, 4.69) is 21.3 Å². The van der Waals surface area contributed by atoms with E-state index in [1.165, 1.54) is 0 Å². The van der Waals surface area contributed by atoms with Crippen LogP contribution >= 0.6 is 0 Å². The molecule has 0 aliphatic heterocycles. The summed E-state index contributed by atoms with van der Waals surface area (Å²) in [5.74, 6) is -2.44. The molecule has 12 heteroatoms. The Morgan fingerprint density at radius 2 is 1.26 bits per heavy atom. The summed E-state index contributed by atoms with van der Waals surface area (Å²) in [7, 11) is 1.56. The molecule has 3 aromatic rings. The Balaban J connectivity index is 1.55. The van der Waals surface area contributed by atoms with Gasteiger partial charge in [-0.3, -0.25) is 14.4 Å². The number of aliphatic carboxylic acids is 2. The van der Waals surface area contributed by atoms with Crippen LogP contribution in [0.5, 0.6) is 5.75 Å². The topological polar surface area (TPSA) is 183 Å². The molecule has 0 spiro atoms. The van der Waals surface area contributed by atoms with Gasteiger partial charge in [-0.25, -0.2) is 9.59 Å². The minimum atomic E-state index is -1.23. The Morgan fingerprint density at radius 3 is 1.78 bits per heavy atom. The summed E-state index contributed by atoms with van der Waals surface area (Å²) in [5, 5.41) is 29.4. The zero-order chi connectivity index (χ0) is 33.6. The molecule has 0 saturated heterocycles. The number of benzene rings is 3. The molecule has 0 heterocycles. The Kier molecular flexibility index (Phi) is 13.1. The molecule has 0 bridgehead atoms. The van der Waals surface area contributed by atoms with Gasteiger partial charge < -0.3 is 36.2 Å². The van der Waals surface area contributed by atoms with Crippen LogP contribution in [-0.4, -0.2) is 59.2 Å². The van der Waals surface area contributed by atoms with Crippen molar-refractivity contribution >= 4 is 41.2 Å². The molecule has 12 nitrogen and oxygen atoms in total. The number of carbonyl (C=O) groups is 5. The van der Waals surface area contributed by atoms with Crippen molar-refractivity contribution in [3.05, 3.63) is 89.5 Å². The van der Waals surface area contributed by atoms with E-state index >= 15 is 0 Å². The highest BCUT2D eigenvalue weighted by Gasteiger charge is 2.27. The first-order valence-electron chi connectivity index (χ1n) is 14.8. The predicted molar refractivity (Wildman–Crippen MR) is 173 cm³/mol. The second-order valence-corrected chi connectivity index (χ2v) is 11.2. The molecule has 0 aliphatic rings. The number of hydrogen-bond donors (Lipinski definition) is 6. The second kappa shape index (κ2) is 17.2. The van der Waals surface area contributed by atoms with Crippen LogP contribution in [0.15, 0.2) is 72.8 Å². The van der Waals surface area contributed by atoms with Crippen molar-refractivity contribution in [1.82, 2.24) is 10.6 Å². The lowest BCUT2D eigenvalue weighted by Gasteiger charge is -2.23. The molecule has 0 fully saturated rings. The molecule has 46 heavy (non-hydrogen) atoms. The van der Waals surface area contributed by atoms with Crippen molar-refractivity contribution < 1.29 is 38.9 Å². The number of methoxy groups -OCH3 is 1. The number of urea groups is 1. The summed E-state index contributed by atoms with van der Waals surface area (Å²) < 4.78 is 5.11. The van der Waals surface area contributed by atoms with Crippen LogP contribution < -0.4 is 26.0 Å². The summed E-state index contributed by atoms with van der Waals surface area (Å²) in [4.78, 5) is 61.3. The minimum Gasteiger partial charge on any atom is -0.497 e. The number of carboxylic acids is 2. The number of carbonyl (C=O) groups excluding carboxylic acids is 3. The van der Waals surface area contributed by atoms with E-state index in [1.54, 1.807) is 79.9 Å². The molecule has 0 aliphatic carbocycles. The summed E-state index contributed by atoms with van der Waals surface area (Å²) >= 11 is 0. The van der Waals surface area contributed by atoms with E-state index in [9.17, 15) is 29.1 Å². The van der Waals surface area contributed by atoms with Gasteiger partial charge in [0, 0.05) is 24.2 Å². The lowest BCUT2D eigenvalue weighted by Crippen LogP contribution is -2.52. The average Bonchev–Trinajstić information content (AvgIpc) is 3.01. The van der Waals surface area contributed by atoms with E-state index in [0.29, 0.717) is 41.1 Å². The molecule has 6 N–H and O–H groups in total. The number of rotatable bonds is 16. The highest BCUT2D eigenvalue weighted by atomic mass is 16.5. The van der Waals surface area contributed by atoms with Crippen molar-refractivity contribution in [2.75, 3.05) is 17.7 Å². The third-order valence-corrected chi connectivity index (χ3v) is 6.99. The molecule has 0 saturated carbocycles. The van der Waals surface area contributed by atoms with Gasteiger partial charge in [0.2, 0.25) is 11.8 Å². The molecule has 2 atom stereocenters. The quantitative estimate of drug-likeness (QED) is 0.135. The SMILES string of the molecule is COc1ccc(NC(=O)Nc2ccc(CC(=O)NC(CC(C)C)C(=O)NC(Cc3ccc(CCC(=O)O)cc3)C(=O)O)cc2)cc1. The van der Waals surface area contributed by atoms with Crippen LogP contribution in [0.3, 0.4) is 0 Å². The number of aryl methyl sites for hydroxylation is 1. The standard InChI is InChI=1S/C34H40N4O8/c1-21(2)18-28(32(42)38-29(33(43)44)19-23-6-4-22(5-7-23)10-17-31(40)41)37-30(39)20-24-8-11-25(12-9-24)35-34(45)36-26-13-15-27(46-3)16-14-26/h4-9,11-16,21,28-29H,10,17-20H2,1-3H3,(H,37,39)(H,38,42)(H,40,41)(H,43,44)(H2,35,36,45). The molecule has 2 unspecified atom stereocenters. The first-order valence-corrected chi connectivity index (χ1v) is 14.8. The van der Waals surface area contributed by atoms with Gasteiger partial charge in [-0.05, 0) is 71.8 Å². The van der Waals surface area contributed by atoms with Gasteiger partial charge in [0.1, 0.15) is 17.8 Å². The summed E-state index contributed by atoms with van der Waals surface area (Å²) in [6.07, 6.45) is 0.629. The van der Waals surface area contributed by atoms with E-state index in [-0.39, 0.29) is 25.2 Å². The van der Waals surface area contributed by atoms with Gasteiger partial charge in [0.25, 0.3) is 0 Å². The molecular weight excluding hydrogens is 592 g/mol. The van der Waals surface area contributed by atoms with Crippen LogP contribution in [0.1, 0.15) is 43.4 Å². The number of ether oxygens (including phenoxy) is 1. The van der Waals surface area contributed by atoms with Crippen molar-refractivity contribution in [3.8, 4) is 5.75 Å². The Bertz CT molecular complexity index is 1490. The normalized spacial score (nSPS) is 12.0. The van der Waals surface area contributed by atoms with Crippen molar-refractivity contribution in [3.63, 3.8) is 0 Å². The van der Waals surface area contributed by atoms with Gasteiger partial charge in [-0.1, -0.05) is 50.2 Å². The average molecular weight is 633 g/mol. The van der Waals surface area contributed by atoms with Crippen molar-refractivity contribution in [2.45, 2.75) is 58.0 Å². The molecule has 0 aromatic heterocycles. The predicted octanol–water partition coefficient (Wildman–Crippen LogP) is 4.24. The van der Waals surface area contributed by atoms with Gasteiger partial charge in [-0.15, -0.1) is 0 Å². The molecule has 3 aromatic carbocycles. The number of nitrogens with one attached hydrogen (secondary N) is 4. The third kappa shape index (κ3) is 11.9. The molecular formula is C34H40N4O8. The number of anilines is 2. The highest BCUT2D eigenvalue weighted by molar-refractivity contribution is 5.99. The summed E-state index contributed by atoms with van der Waals surface area (Å²) in [5.41, 5.74) is 3.22.